The maximum absolute atomic E-state index is 12.0. The van der Waals surface area contributed by atoms with Crippen LogP contribution in [-0.4, -0.2) is 26.7 Å². The summed E-state index contributed by atoms with van der Waals surface area (Å²) in [5.41, 5.74) is 1.86. The number of hydrogen-bond donors (Lipinski definition) is 1. The third-order valence-corrected chi connectivity index (χ3v) is 2.93. The Morgan fingerprint density at radius 3 is 2.53 bits per heavy atom. The second-order valence-corrected chi connectivity index (χ2v) is 3.69. The first-order valence-corrected chi connectivity index (χ1v) is 5.21. The second kappa shape index (κ2) is 5.49. The van der Waals surface area contributed by atoms with Crippen molar-refractivity contribution >= 4 is 18.3 Å². The van der Waals surface area contributed by atoms with Gasteiger partial charge in [-0.2, -0.15) is 0 Å². The average Bonchev–Trinajstić information content (AvgIpc) is 2.46. The summed E-state index contributed by atoms with van der Waals surface area (Å²) in [5.74, 6) is -1.56. The van der Waals surface area contributed by atoms with Crippen LogP contribution in [0.25, 0.3) is 0 Å². The van der Waals surface area contributed by atoms with Crippen LogP contribution in [-0.2, 0) is 26.5 Å². The number of nitrogens with one attached hydrogen (secondary N) is 1. The van der Waals surface area contributed by atoms with E-state index in [0.717, 1.165) is 17.5 Å². The van der Waals surface area contributed by atoms with Crippen LogP contribution in [0.2, 0.25) is 0 Å². The van der Waals surface area contributed by atoms with Crippen molar-refractivity contribution in [1.82, 2.24) is 5.32 Å². The first kappa shape index (κ1) is 14.0. The van der Waals surface area contributed by atoms with Gasteiger partial charge < -0.3 is 14.8 Å². The summed E-state index contributed by atoms with van der Waals surface area (Å²) in [6.07, 6.45) is 0.788. The molecule has 94 valence electrons. The highest BCUT2D eigenvalue weighted by molar-refractivity contribution is 5.86. The number of amides is 1. The number of benzene rings is 1. The Labute approximate surface area is 107 Å². The van der Waals surface area contributed by atoms with Crippen LogP contribution in [0, 0.1) is 0 Å². The molecule has 0 aromatic heterocycles. The summed E-state index contributed by atoms with van der Waals surface area (Å²) in [6.45, 7) is 0.602. The molecule has 0 aliphatic carbocycles. The van der Waals surface area contributed by atoms with Crippen LogP contribution in [0.15, 0.2) is 24.3 Å². The van der Waals surface area contributed by atoms with Gasteiger partial charge in [-0.15, -0.1) is 12.4 Å². The molecule has 0 unspecified atom stereocenters. The maximum atomic E-state index is 12.0. The van der Waals surface area contributed by atoms with Crippen LogP contribution in [0.5, 0.6) is 0 Å². The lowest BCUT2D eigenvalue weighted by Gasteiger charge is -2.29. The summed E-state index contributed by atoms with van der Waals surface area (Å²) in [4.78, 5) is 12.0. The number of fused-ring (bicyclic) bond motifs is 1. The van der Waals surface area contributed by atoms with Gasteiger partial charge in [-0.3, -0.25) is 4.79 Å². The Balaban J connectivity index is 0.00000144. The molecule has 0 bridgehead atoms. The van der Waals surface area contributed by atoms with Gasteiger partial charge in [0.25, 0.3) is 11.7 Å². The summed E-state index contributed by atoms with van der Waals surface area (Å²) < 4.78 is 10.6. The van der Waals surface area contributed by atoms with Gasteiger partial charge in [0, 0.05) is 26.3 Å². The molecule has 4 nitrogen and oxygen atoms in total. The summed E-state index contributed by atoms with van der Waals surface area (Å²) >= 11 is 0. The highest BCUT2D eigenvalue weighted by Crippen LogP contribution is 2.31. The fourth-order valence-corrected chi connectivity index (χ4v) is 2.10. The fourth-order valence-electron chi connectivity index (χ4n) is 2.10. The number of methoxy groups -OCH3 is 2. The zero-order chi connectivity index (χ0) is 11.6. The molecule has 1 heterocycles. The molecule has 1 aromatic carbocycles. The summed E-state index contributed by atoms with van der Waals surface area (Å²) in [5, 5.41) is 2.80. The Bertz CT molecular complexity index is 404. The van der Waals surface area contributed by atoms with Gasteiger partial charge in [0.15, 0.2) is 0 Å². The van der Waals surface area contributed by atoms with Crippen LogP contribution < -0.4 is 5.32 Å². The van der Waals surface area contributed by atoms with E-state index in [0.29, 0.717) is 6.54 Å². The topological polar surface area (TPSA) is 47.6 Å². The van der Waals surface area contributed by atoms with Crippen molar-refractivity contribution in [1.29, 1.82) is 0 Å². The predicted octanol–water partition coefficient (Wildman–Crippen LogP) is 1.23. The highest BCUT2D eigenvalue weighted by Gasteiger charge is 2.43. The fraction of sp³-hybridized carbons (Fsp3) is 0.417. The number of rotatable bonds is 2. The Morgan fingerprint density at radius 1 is 1.24 bits per heavy atom. The summed E-state index contributed by atoms with van der Waals surface area (Å²) in [6, 6.07) is 7.69. The molecule has 0 saturated heterocycles. The summed E-state index contributed by atoms with van der Waals surface area (Å²) in [7, 11) is 2.95. The molecule has 1 aliphatic rings. The average molecular weight is 258 g/mol. The minimum absolute atomic E-state index is 0. The van der Waals surface area contributed by atoms with Crippen molar-refractivity contribution in [2.75, 3.05) is 20.8 Å². The third kappa shape index (κ3) is 2.16. The molecule has 1 amide bonds. The van der Waals surface area contributed by atoms with Gasteiger partial charge in [0.05, 0.1) is 0 Å². The minimum Gasteiger partial charge on any atom is -0.351 e. The lowest BCUT2D eigenvalue weighted by molar-refractivity contribution is -0.215. The molecule has 1 aliphatic heterocycles. The van der Waals surface area contributed by atoms with Crippen molar-refractivity contribution in [3.63, 3.8) is 0 Å². The maximum Gasteiger partial charge on any atom is 0.285 e. The molecular formula is C12H16ClNO3. The van der Waals surface area contributed by atoms with E-state index in [-0.39, 0.29) is 18.3 Å². The lowest BCUT2D eigenvalue weighted by atomic mass is 9.98. The molecule has 5 heteroatoms. The van der Waals surface area contributed by atoms with E-state index in [2.05, 4.69) is 5.32 Å². The molecule has 0 radical (unpaired) electrons. The van der Waals surface area contributed by atoms with Gasteiger partial charge in [-0.1, -0.05) is 24.3 Å². The van der Waals surface area contributed by atoms with E-state index in [4.69, 9.17) is 9.47 Å². The van der Waals surface area contributed by atoms with Crippen molar-refractivity contribution in [3.8, 4) is 0 Å². The molecule has 0 saturated carbocycles. The van der Waals surface area contributed by atoms with Gasteiger partial charge in [0.1, 0.15) is 0 Å². The monoisotopic (exact) mass is 257 g/mol. The quantitative estimate of drug-likeness (QED) is 0.811. The standard InChI is InChI=1S/C12H15NO3.ClH/c1-15-12(16-2)10-6-4-3-5-9(10)7-8-13-11(12)14;/h3-6H,7-8H2,1-2H3,(H,13,14);1H. The van der Waals surface area contributed by atoms with Crippen molar-refractivity contribution < 1.29 is 14.3 Å². The first-order chi connectivity index (χ1) is 7.74. The first-order valence-electron chi connectivity index (χ1n) is 5.21. The Kier molecular flexibility index (Phi) is 4.51. The van der Waals surface area contributed by atoms with Crippen LogP contribution >= 0.6 is 12.4 Å². The molecule has 1 aromatic rings. The lowest BCUT2D eigenvalue weighted by Crippen LogP contribution is -2.46. The van der Waals surface area contributed by atoms with Crippen LogP contribution in [0.4, 0.5) is 0 Å². The number of halogens is 1. The second-order valence-electron chi connectivity index (χ2n) is 3.69. The third-order valence-electron chi connectivity index (χ3n) is 2.93. The molecule has 0 fully saturated rings. The van der Waals surface area contributed by atoms with E-state index in [1.807, 2.05) is 24.3 Å². The molecular weight excluding hydrogens is 242 g/mol. The molecule has 0 spiro atoms. The van der Waals surface area contributed by atoms with Gasteiger partial charge in [-0.05, 0) is 12.0 Å². The van der Waals surface area contributed by atoms with Crippen LogP contribution in [0.3, 0.4) is 0 Å². The van der Waals surface area contributed by atoms with E-state index >= 15 is 0 Å². The van der Waals surface area contributed by atoms with E-state index < -0.39 is 5.79 Å². The number of carbonyl (C=O) groups is 1. The van der Waals surface area contributed by atoms with E-state index in [1.165, 1.54) is 14.2 Å². The molecule has 2 rings (SSSR count). The van der Waals surface area contributed by atoms with Crippen molar-refractivity contribution in [3.05, 3.63) is 35.4 Å². The van der Waals surface area contributed by atoms with Gasteiger partial charge in [0.2, 0.25) is 0 Å². The number of ether oxygens (including phenoxy) is 2. The van der Waals surface area contributed by atoms with E-state index in [1.54, 1.807) is 0 Å². The minimum atomic E-state index is -1.31. The SMILES string of the molecule is COC1(OC)C(=O)NCCc2ccccc21.Cl. The zero-order valence-corrected chi connectivity index (χ0v) is 10.7. The number of hydrogen-bond acceptors (Lipinski definition) is 3. The molecule has 1 N–H and O–H groups in total. The van der Waals surface area contributed by atoms with Crippen LogP contribution in [0.1, 0.15) is 11.1 Å². The van der Waals surface area contributed by atoms with Gasteiger partial charge >= 0.3 is 0 Å². The Morgan fingerprint density at radius 2 is 1.88 bits per heavy atom. The van der Waals surface area contributed by atoms with Gasteiger partial charge in [-0.25, -0.2) is 0 Å². The van der Waals surface area contributed by atoms with Crippen molar-refractivity contribution in [2.24, 2.45) is 0 Å². The molecule has 17 heavy (non-hydrogen) atoms. The Hall–Kier alpha value is -1.10. The highest BCUT2D eigenvalue weighted by atomic mass is 35.5. The van der Waals surface area contributed by atoms with E-state index in [9.17, 15) is 4.79 Å². The smallest absolute Gasteiger partial charge is 0.285 e. The largest absolute Gasteiger partial charge is 0.351 e. The van der Waals surface area contributed by atoms with Crippen molar-refractivity contribution in [2.45, 2.75) is 12.2 Å². The predicted molar refractivity (Wildman–Crippen MR) is 66.1 cm³/mol. The zero-order valence-electron chi connectivity index (χ0n) is 9.86. The number of carbonyl (C=O) groups excluding carboxylic acids is 1. The molecule has 0 atom stereocenters. The normalized spacial score (nSPS) is 17.4.